The Morgan fingerprint density at radius 1 is 1.45 bits per heavy atom. The highest BCUT2D eigenvalue weighted by molar-refractivity contribution is 5.73. The summed E-state index contributed by atoms with van der Waals surface area (Å²) in [6.07, 6.45) is 1.67. The number of hydrogen-bond donors (Lipinski definition) is 2. The standard InChI is InChI=1S/C7H7N3O/c1-4-2-3-8-6-5(4)9-7(11)10-6/h2-3H,1H3,(H2,8,9,10,11). The molecule has 2 aromatic heterocycles. The number of fused-ring (bicyclic) bond motifs is 1. The van der Waals surface area contributed by atoms with E-state index in [9.17, 15) is 4.79 Å². The lowest BCUT2D eigenvalue weighted by molar-refractivity contribution is 1.20. The minimum absolute atomic E-state index is 0.207. The average Bonchev–Trinajstić information content (AvgIpc) is 2.31. The highest BCUT2D eigenvalue weighted by Gasteiger charge is 1.99. The lowest BCUT2D eigenvalue weighted by Crippen LogP contribution is -1.99. The van der Waals surface area contributed by atoms with Crippen LogP contribution in [0.2, 0.25) is 0 Å². The Kier molecular flexibility index (Phi) is 1.09. The van der Waals surface area contributed by atoms with Crippen LogP contribution in [-0.4, -0.2) is 15.0 Å². The molecule has 56 valence electrons. The zero-order valence-electron chi connectivity index (χ0n) is 6.01. The summed E-state index contributed by atoms with van der Waals surface area (Å²) in [5.74, 6) is 0. The van der Waals surface area contributed by atoms with Gasteiger partial charge in [0.15, 0.2) is 5.65 Å². The molecule has 0 saturated heterocycles. The fourth-order valence-electron chi connectivity index (χ4n) is 1.06. The molecule has 0 spiro atoms. The average molecular weight is 149 g/mol. The maximum absolute atomic E-state index is 10.8. The molecule has 2 N–H and O–H groups in total. The van der Waals surface area contributed by atoms with E-state index in [4.69, 9.17) is 0 Å². The quantitative estimate of drug-likeness (QED) is 0.574. The summed E-state index contributed by atoms with van der Waals surface area (Å²) in [6, 6.07) is 1.85. The van der Waals surface area contributed by atoms with Gasteiger partial charge in [0.1, 0.15) is 0 Å². The molecule has 0 fully saturated rings. The lowest BCUT2D eigenvalue weighted by Gasteiger charge is -1.90. The van der Waals surface area contributed by atoms with Crippen LogP contribution in [0.5, 0.6) is 0 Å². The predicted molar refractivity (Wildman–Crippen MR) is 41.5 cm³/mol. The number of aryl methyl sites for hydroxylation is 1. The van der Waals surface area contributed by atoms with E-state index in [1.54, 1.807) is 6.20 Å². The third-order valence-electron chi connectivity index (χ3n) is 1.63. The zero-order valence-corrected chi connectivity index (χ0v) is 6.01. The van der Waals surface area contributed by atoms with Crippen LogP contribution in [0.25, 0.3) is 11.2 Å². The molecule has 0 atom stereocenters. The first-order chi connectivity index (χ1) is 5.27. The van der Waals surface area contributed by atoms with Crippen LogP contribution in [0.3, 0.4) is 0 Å². The van der Waals surface area contributed by atoms with E-state index in [1.165, 1.54) is 0 Å². The van der Waals surface area contributed by atoms with Gasteiger partial charge in [-0.3, -0.25) is 4.98 Å². The largest absolute Gasteiger partial charge is 0.325 e. The molecule has 2 rings (SSSR count). The van der Waals surface area contributed by atoms with Gasteiger partial charge in [-0.05, 0) is 18.6 Å². The first-order valence-corrected chi connectivity index (χ1v) is 3.31. The molecule has 4 heteroatoms. The molecule has 11 heavy (non-hydrogen) atoms. The molecular formula is C7H7N3O. The SMILES string of the molecule is Cc1ccnc2[nH]c(=O)[nH]c12. The number of rotatable bonds is 0. The van der Waals surface area contributed by atoms with Gasteiger partial charge in [-0.1, -0.05) is 0 Å². The summed E-state index contributed by atoms with van der Waals surface area (Å²) in [7, 11) is 0. The Morgan fingerprint density at radius 2 is 2.27 bits per heavy atom. The third kappa shape index (κ3) is 0.832. The summed E-state index contributed by atoms with van der Waals surface area (Å²) in [5, 5.41) is 0. The van der Waals surface area contributed by atoms with Gasteiger partial charge < -0.3 is 4.98 Å². The first kappa shape index (κ1) is 6.15. The fraction of sp³-hybridized carbons (Fsp3) is 0.143. The van der Waals surface area contributed by atoms with Crippen molar-refractivity contribution in [2.75, 3.05) is 0 Å². The number of nitrogens with zero attached hydrogens (tertiary/aromatic N) is 1. The molecule has 0 aliphatic carbocycles. The zero-order chi connectivity index (χ0) is 7.84. The van der Waals surface area contributed by atoms with Crippen LogP contribution in [0.15, 0.2) is 17.1 Å². The maximum atomic E-state index is 10.8. The maximum Gasteiger partial charge on any atom is 0.325 e. The first-order valence-electron chi connectivity index (χ1n) is 3.31. The Labute approximate surface area is 62.3 Å². The van der Waals surface area contributed by atoms with Crippen LogP contribution in [0.1, 0.15) is 5.56 Å². The van der Waals surface area contributed by atoms with E-state index < -0.39 is 0 Å². The van der Waals surface area contributed by atoms with E-state index in [1.807, 2.05) is 13.0 Å². The van der Waals surface area contributed by atoms with Crippen molar-refractivity contribution in [1.82, 2.24) is 15.0 Å². The minimum Gasteiger partial charge on any atom is -0.304 e. The Morgan fingerprint density at radius 3 is 3.00 bits per heavy atom. The monoisotopic (exact) mass is 149 g/mol. The van der Waals surface area contributed by atoms with Gasteiger partial charge in [-0.25, -0.2) is 9.78 Å². The number of aromatic amines is 2. The molecule has 0 aromatic carbocycles. The molecule has 0 bridgehead atoms. The van der Waals surface area contributed by atoms with E-state index in [0.717, 1.165) is 11.1 Å². The molecule has 2 aromatic rings. The molecule has 0 amide bonds. The second kappa shape index (κ2) is 1.95. The van der Waals surface area contributed by atoms with Crippen LogP contribution < -0.4 is 5.69 Å². The van der Waals surface area contributed by atoms with Gasteiger partial charge >= 0.3 is 5.69 Å². The van der Waals surface area contributed by atoms with Crippen molar-refractivity contribution < 1.29 is 0 Å². The van der Waals surface area contributed by atoms with Crippen molar-refractivity contribution in [3.05, 3.63) is 28.3 Å². The van der Waals surface area contributed by atoms with Gasteiger partial charge in [-0.15, -0.1) is 0 Å². The van der Waals surface area contributed by atoms with Crippen LogP contribution >= 0.6 is 0 Å². The third-order valence-corrected chi connectivity index (χ3v) is 1.63. The summed E-state index contributed by atoms with van der Waals surface area (Å²) in [5.41, 5.74) is 2.22. The number of aromatic nitrogens is 3. The van der Waals surface area contributed by atoms with E-state index in [2.05, 4.69) is 15.0 Å². The molecule has 0 aliphatic heterocycles. The van der Waals surface area contributed by atoms with Gasteiger partial charge in [0.2, 0.25) is 0 Å². The topological polar surface area (TPSA) is 61.5 Å². The number of pyridine rings is 1. The molecule has 0 unspecified atom stereocenters. The molecule has 0 saturated carbocycles. The molecule has 2 heterocycles. The van der Waals surface area contributed by atoms with Crippen molar-refractivity contribution in [3.8, 4) is 0 Å². The number of nitrogens with one attached hydrogen (secondary N) is 2. The second-order valence-electron chi connectivity index (χ2n) is 2.43. The van der Waals surface area contributed by atoms with Crippen molar-refractivity contribution in [3.63, 3.8) is 0 Å². The van der Waals surface area contributed by atoms with Gasteiger partial charge in [0, 0.05) is 6.20 Å². The van der Waals surface area contributed by atoms with Crippen LogP contribution in [-0.2, 0) is 0 Å². The molecular weight excluding hydrogens is 142 g/mol. The van der Waals surface area contributed by atoms with Gasteiger partial charge in [0.25, 0.3) is 0 Å². The summed E-state index contributed by atoms with van der Waals surface area (Å²) in [4.78, 5) is 20.0. The number of H-pyrrole nitrogens is 2. The fourth-order valence-corrected chi connectivity index (χ4v) is 1.06. The van der Waals surface area contributed by atoms with Crippen molar-refractivity contribution in [2.45, 2.75) is 6.92 Å². The summed E-state index contributed by atoms with van der Waals surface area (Å²) < 4.78 is 0. The summed E-state index contributed by atoms with van der Waals surface area (Å²) >= 11 is 0. The number of imidazole rings is 1. The molecule has 0 aliphatic rings. The number of hydrogen-bond acceptors (Lipinski definition) is 2. The van der Waals surface area contributed by atoms with Crippen molar-refractivity contribution in [1.29, 1.82) is 0 Å². The van der Waals surface area contributed by atoms with Crippen LogP contribution in [0.4, 0.5) is 0 Å². The predicted octanol–water partition coefficient (Wildman–Crippen LogP) is 0.560. The Bertz CT molecular complexity index is 440. The van der Waals surface area contributed by atoms with Crippen molar-refractivity contribution in [2.24, 2.45) is 0 Å². The molecule has 0 radical (unpaired) electrons. The summed E-state index contributed by atoms with van der Waals surface area (Å²) in [6.45, 7) is 1.92. The Hall–Kier alpha value is -1.58. The lowest BCUT2D eigenvalue weighted by atomic mass is 10.3. The Balaban J connectivity index is 3.01. The highest BCUT2D eigenvalue weighted by atomic mass is 16.1. The smallest absolute Gasteiger partial charge is 0.304 e. The van der Waals surface area contributed by atoms with Crippen molar-refractivity contribution >= 4 is 11.2 Å². The van der Waals surface area contributed by atoms with Gasteiger partial charge in [-0.2, -0.15) is 0 Å². The van der Waals surface area contributed by atoms with Gasteiger partial charge in [0.05, 0.1) is 5.52 Å². The minimum atomic E-state index is -0.207. The normalized spacial score (nSPS) is 10.6. The van der Waals surface area contributed by atoms with E-state index in [-0.39, 0.29) is 5.69 Å². The second-order valence-corrected chi connectivity index (χ2v) is 2.43. The van der Waals surface area contributed by atoms with E-state index >= 15 is 0 Å². The highest BCUT2D eigenvalue weighted by Crippen LogP contribution is 2.07. The molecule has 4 nitrogen and oxygen atoms in total. The van der Waals surface area contributed by atoms with E-state index in [0.29, 0.717) is 5.65 Å². The van der Waals surface area contributed by atoms with Crippen LogP contribution in [0, 0.1) is 6.92 Å².